The van der Waals surface area contributed by atoms with Gasteiger partial charge in [0.1, 0.15) is 5.82 Å². The molecule has 0 heterocycles. The molecule has 100 valence electrons. The minimum Gasteiger partial charge on any atom is -0.379 e. The fourth-order valence-corrected chi connectivity index (χ4v) is 1.66. The van der Waals surface area contributed by atoms with Gasteiger partial charge in [0.2, 0.25) is 5.91 Å². The van der Waals surface area contributed by atoms with Crippen LogP contribution >= 0.6 is 0 Å². The molecule has 0 bridgehead atoms. The van der Waals surface area contributed by atoms with E-state index in [1.165, 1.54) is 12.1 Å². The Hall–Kier alpha value is -1.42. The van der Waals surface area contributed by atoms with E-state index in [0.29, 0.717) is 12.5 Å². The summed E-state index contributed by atoms with van der Waals surface area (Å²) in [6.45, 7) is 4.58. The largest absolute Gasteiger partial charge is 0.379 e. The molecule has 0 aliphatic heterocycles. The summed E-state index contributed by atoms with van der Waals surface area (Å²) in [4.78, 5) is 11.7. The standard InChI is InChI=1S/C14H20FNO2/c1-10(2)13(18-3)9-16-14(17)8-11-4-6-12(15)7-5-11/h4-7,10,13H,8-9H2,1-3H3,(H,16,17)/t13-/m1/s1. The number of ether oxygens (including phenoxy) is 1. The fraction of sp³-hybridized carbons (Fsp3) is 0.500. The fourth-order valence-electron chi connectivity index (χ4n) is 1.66. The van der Waals surface area contributed by atoms with E-state index in [0.717, 1.165) is 5.56 Å². The van der Waals surface area contributed by atoms with E-state index < -0.39 is 0 Å². The van der Waals surface area contributed by atoms with Gasteiger partial charge in [-0.1, -0.05) is 26.0 Å². The third-order valence-corrected chi connectivity index (χ3v) is 2.82. The normalized spacial score (nSPS) is 12.5. The van der Waals surface area contributed by atoms with Gasteiger partial charge in [-0.2, -0.15) is 0 Å². The Kier molecular flexibility index (Phi) is 5.78. The summed E-state index contributed by atoms with van der Waals surface area (Å²) in [5, 5.41) is 2.82. The van der Waals surface area contributed by atoms with Crippen molar-refractivity contribution in [1.82, 2.24) is 5.32 Å². The van der Waals surface area contributed by atoms with Gasteiger partial charge in [0.15, 0.2) is 0 Å². The van der Waals surface area contributed by atoms with Crippen LogP contribution in [0.15, 0.2) is 24.3 Å². The quantitative estimate of drug-likeness (QED) is 0.843. The van der Waals surface area contributed by atoms with E-state index >= 15 is 0 Å². The number of methoxy groups -OCH3 is 1. The molecule has 0 fully saturated rings. The average molecular weight is 253 g/mol. The Bertz CT molecular complexity index is 376. The molecule has 18 heavy (non-hydrogen) atoms. The van der Waals surface area contributed by atoms with Crippen LogP contribution in [0, 0.1) is 11.7 Å². The van der Waals surface area contributed by atoms with Crippen molar-refractivity contribution in [2.24, 2.45) is 5.92 Å². The Morgan fingerprint density at radius 3 is 2.44 bits per heavy atom. The summed E-state index contributed by atoms with van der Waals surface area (Å²) in [5.74, 6) is -0.0242. The van der Waals surface area contributed by atoms with Crippen molar-refractivity contribution in [3.05, 3.63) is 35.6 Å². The highest BCUT2D eigenvalue weighted by molar-refractivity contribution is 5.78. The van der Waals surface area contributed by atoms with Crippen molar-refractivity contribution >= 4 is 5.91 Å². The SMILES string of the molecule is CO[C@H](CNC(=O)Cc1ccc(F)cc1)C(C)C. The minimum absolute atomic E-state index is 0.0159. The molecule has 0 unspecified atom stereocenters. The monoisotopic (exact) mass is 253 g/mol. The van der Waals surface area contributed by atoms with Crippen molar-refractivity contribution in [2.45, 2.75) is 26.4 Å². The first-order valence-electron chi connectivity index (χ1n) is 6.07. The van der Waals surface area contributed by atoms with Gasteiger partial charge in [0, 0.05) is 13.7 Å². The van der Waals surface area contributed by atoms with Crippen molar-refractivity contribution in [3.8, 4) is 0 Å². The van der Waals surface area contributed by atoms with Gasteiger partial charge in [-0.15, -0.1) is 0 Å². The van der Waals surface area contributed by atoms with E-state index in [1.54, 1.807) is 19.2 Å². The van der Waals surface area contributed by atoms with Gasteiger partial charge in [-0.3, -0.25) is 4.79 Å². The first-order valence-corrected chi connectivity index (χ1v) is 6.07. The lowest BCUT2D eigenvalue weighted by molar-refractivity contribution is -0.121. The van der Waals surface area contributed by atoms with Crippen LogP contribution in [0.5, 0.6) is 0 Å². The average Bonchev–Trinajstić information content (AvgIpc) is 2.32. The topological polar surface area (TPSA) is 38.3 Å². The molecule has 1 N–H and O–H groups in total. The van der Waals surface area contributed by atoms with E-state index in [9.17, 15) is 9.18 Å². The van der Waals surface area contributed by atoms with Gasteiger partial charge in [0.05, 0.1) is 12.5 Å². The second-order valence-corrected chi connectivity index (χ2v) is 4.63. The number of rotatable bonds is 6. The molecule has 1 atom stereocenters. The summed E-state index contributed by atoms with van der Waals surface area (Å²) < 4.78 is 18.0. The Morgan fingerprint density at radius 1 is 1.33 bits per heavy atom. The maximum Gasteiger partial charge on any atom is 0.224 e. The van der Waals surface area contributed by atoms with Gasteiger partial charge < -0.3 is 10.1 Å². The number of halogens is 1. The summed E-state index contributed by atoms with van der Waals surface area (Å²) in [7, 11) is 1.64. The summed E-state index contributed by atoms with van der Waals surface area (Å²) in [6.07, 6.45) is 0.275. The molecule has 3 nitrogen and oxygen atoms in total. The molecule has 0 aromatic heterocycles. The van der Waals surface area contributed by atoms with E-state index in [2.05, 4.69) is 5.32 Å². The van der Waals surface area contributed by atoms with E-state index in [4.69, 9.17) is 4.74 Å². The second kappa shape index (κ2) is 7.11. The number of amides is 1. The molecule has 1 aromatic carbocycles. The summed E-state index contributed by atoms with van der Waals surface area (Å²) in [6, 6.07) is 5.94. The van der Waals surface area contributed by atoms with Crippen molar-refractivity contribution in [2.75, 3.05) is 13.7 Å². The Balaban J connectivity index is 2.40. The molecule has 0 aliphatic carbocycles. The third kappa shape index (κ3) is 4.84. The number of carbonyl (C=O) groups is 1. The highest BCUT2D eigenvalue weighted by Crippen LogP contribution is 2.05. The van der Waals surface area contributed by atoms with Crippen molar-refractivity contribution in [1.29, 1.82) is 0 Å². The van der Waals surface area contributed by atoms with Crippen molar-refractivity contribution < 1.29 is 13.9 Å². The van der Waals surface area contributed by atoms with E-state index in [-0.39, 0.29) is 24.2 Å². The lowest BCUT2D eigenvalue weighted by Crippen LogP contribution is -2.36. The summed E-state index contributed by atoms with van der Waals surface area (Å²) >= 11 is 0. The zero-order chi connectivity index (χ0) is 13.5. The van der Waals surface area contributed by atoms with Crippen LogP contribution in [-0.4, -0.2) is 25.7 Å². The molecule has 0 spiro atoms. The summed E-state index contributed by atoms with van der Waals surface area (Å²) in [5.41, 5.74) is 0.799. The molecule has 1 amide bonds. The highest BCUT2D eigenvalue weighted by atomic mass is 19.1. The molecule has 1 rings (SSSR count). The lowest BCUT2D eigenvalue weighted by Gasteiger charge is -2.19. The van der Waals surface area contributed by atoms with Gasteiger partial charge in [-0.25, -0.2) is 4.39 Å². The molecular formula is C14H20FNO2. The van der Waals surface area contributed by atoms with Crippen LogP contribution in [0.4, 0.5) is 4.39 Å². The Labute approximate surface area is 107 Å². The zero-order valence-electron chi connectivity index (χ0n) is 11.1. The number of hydrogen-bond acceptors (Lipinski definition) is 2. The maximum absolute atomic E-state index is 12.7. The third-order valence-electron chi connectivity index (χ3n) is 2.82. The van der Waals surface area contributed by atoms with Gasteiger partial charge in [-0.05, 0) is 23.6 Å². The molecule has 0 radical (unpaired) electrons. The predicted octanol–water partition coefficient (Wildman–Crippen LogP) is 2.16. The molecular weight excluding hydrogens is 233 g/mol. The predicted molar refractivity (Wildman–Crippen MR) is 68.7 cm³/mol. The van der Waals surface area contributed by atoms with Crippen molar-refractivity contribution in [3.63, 3.8) is 0 Å². The van der Waals surface area contributed by atoms with E-state index in [1.807, 2.05) is 13.8 Å². The minimum atomic E-state index is -0.293. The molecule has 0 saturated carbocycles. The van der Waals surface area contributed by atoms with Crippen LogP contribution in [0.25, 0.3) is 0 Å². The number of benzene rings is 1. The maximum atomic E-state index is 12.7. The molecule has 0 aliphatic rings. The van der Waals surface area contributed by atoms with Gasteiger partial charge >= 0.3 is 0 Å². The van der Waals surface area contributed by atoms with Crippen LogP contribution in [-0.2, 0) is 16.0 Å². The van der Waals surface area contributed by atoms with Gasteiger partial charge in [0.25, 0.3) is 0 Å². The van der Waals surface area contributed by atoms with Crippen LogP contribution < -0.4 is 5.32 Å². The number of nitrogens with one attached hydrogen (secondary N) is 1. The number of carbonyl (C=O) groups excluding carboxylic acids is 1. The molecule has 4 heteroatoms. The lowest BCUT2D eigenvalue weighted by atomic mass is 10.1. The first-order chi connectivity index (χ1) is 8.52. The first kappa shape index (κ1) is 14.6. The molecule has 0 saturated heterocycles. The van der Waals surface area contributed by atoms with Crippen LogP contribution in [0.3, 0.4) is 0 Å². The van der Waals surface area contributed by atoms with Crippen LogP contribution in [0.1, 0.15) is 19.4 Å². The highest BCUT2D eigenvalue weighted by Gasteiger charge is 2.13. The van der Waals surface area contributed by atoms with Crippen LogP contribution in [0.2, 0.25) is 0 Å². The smallest absolute Gasteiger partial charge is 0.224 e. The zero-order valence-corrected chi connectivity index (χ0v) is 11.1. The Morgan fingerprint density at radius 2 is 1.94 bits per heavy atom. The second-order valence-electron chi connectivity index (χ2n) is 4.63. The number of hydrogen-bond donors (Lipinski definition) is 1. The molecule has 1 aromatic rings.